The number of carboxylic acid groups (broad SMARTS) is 1. The van der Waals surface area contributed by atoms with E-state index in [1.807, 2.05) is 0 Å². The second kappa shape index (κ2) is 6.34. The van der Waals surface area contributed by atoms with Gasteiger partial charge < -0.3 is 20.5 Å². The van der Waals surface area contributed by atoms with Crippen LogP contribution in [-0.2, 0) is 14.3 Å². The summed E-state index contributed by atoms with van der Waals surface area (Å²) in [6.45, 7) is 1.15. The molecule has 2 aliphatic rings. The fourth-order valence-electron chi connectivity index (χ4n) is 3.51. The van der Waals surface area contributed by atoms with Gasteiger partial charge >= 0.3 is 5.97 Å². The molecule has 0 saturated heterocycles. The van der Waals surface area contributed by atoms with Crippen molar-refractivity contribution in [3.8, 4) is 0 Å². The largest absolute Gasteiger partial charge is 0.481 e. The highest BCUT2D eigenvalue weighted by molar-refractivity contribution is 5.78. The number of rotatable bonds is 7. The average molecular weight is 270 g/mol. The lowest BCUT2D eigenvalue weighted by molar-refractivity contribution is -0.144. The van der Waals surface area contributed by atoms with Gasteiger partial charge in [-0.3, -0.25) is 9.59 Å². The maximum Gasteiger partial charge on any atom is 0.308 e. The predicted molar refractivity (Wildman–Crippen MR) is 68.6 cm³/mol. The van der Waals surface area contributed by atoms with E-state index in [2.05, 4.69) is 10.6 Å². The first-order valence-corrected chi connectivity index (χ1v) is 6.85. The van der Waals surface area contributed by atoms with Crippen molar-refractivity contribution >= 4 is 11.9 Å². The number of ether oxygens (including phenoxy) is 1. The number of fused-ring (bicyclic) bond motifs is 2. The zero-order valence-corrected chi connectivity index (χ0v) is 11.2. The summed E-state index contributed by atoms with van der Waals surface area (Å²) in [6.07, 6.45) is 3.08. The number of aliphatic carboxylic acids is 1. The molecule has 6 heteroatoms. The Balaban J connectivity index is 1.78. The number of methoxy groups -OCH3 is 1. The third-order valence-corrected chi connectivity index (χ3v) is 4.33. The minimum absolute atomic E-state index is 0.0515. The maximum absolute atomic E-state index is 11.6. The summed E-state index contributed by atoms with van der Waals surface area (Å²) in [6, 6.07) is -0.0515. The van der Waals surface area contributed by atoms with Gasteiger partial charge in [-0.05, 0) is 31.1 Å². The molecule has 2 aliphatic carbocycles. The Kier molecular flexibility index (Phi) is 4.76. The molecule has 4 unspecified atom stereocenters. The van der Waals surface area contributed by atoms with Crippen LogP contribution in [0.2, 0.25) is 0 Å². The van der Waals surface area contributed by atoms with Crippen LogP contribution in [0.25, 0.3) is 0 Å². The zero-order chi connectivity index (χ0) is 13.8. The molecule has 0 radical (unpaired) electrons. The fraction of sp³-hybridized carbons (Fsp3) is 0.846. The normalized spacial score (nSPS) is 32.5. The van der Waals surface area contributed by atoms with Gasteiger partial charge in [0, 0.05) is 19.7 Å². The highest BCUT2D eigenvalue weighted by atomic mass is 16.5. The van der Waals surface area contributed by atoms with Gasteiger partial charge in [0.2, 0.25) is 5.91 Å². The minimum atomic E-state index is -0.732. The van der Waals surface area contributed by atoms with Gasteiger partial charge in [0.25, 0.3) is 0 Å². The smallest absolute Gasteiger partial charge is 0.308 e. The second-order valence-corrected chi connectivity index (χ2v) is 5.45. The molecule has 6 nitrogen and oxygen atoms in total. The van der Waals surface area contributed by atoms with Crippen LogP contribution in [0.4, 0.5) is 0 Å². The van der Waals surface area contributed by atoms with Crippen molar-refractivity contribution in [3.63, 3.8) is 0 Å². The van der Waals surface area contributed by atoms with Crippen molar-refractivity contribution in [2.24, 2.45) is 17.8 Å². The molecule has 3 N–H and O–H groups in total. The summed E-state index contributed by atoms with van der Waals surface area (Å²) in [5.74, 6) is -0.464. The molecule has 2 bridgehead atoms. The van der Waals surface area contributed by atoms with Crippen LogP contribution in [0.3, 0.4) is 0 Å². The quantitative estimate of drug-likeness (QED) is 0.559. The highest BCUT2D eigenvalue weighted by Gasteiger charge is 2.50. The number of carbonyl (C=O) groups excluding carboxylic acids is 1. The van der Waals surface area contributed by atoms with Gasteiger partial charge in [0.1, 0.15) is 0 Å². The van der Waals surface area contributed by atoms with Crippen LogP contribution >= 0.6 is 0 Å². The molecule has 1 amide bonds. The van der Waals surface area contributed by atoms with Crippen LogP contribution in [0, 0.1) is 17.8 Å². The van der Waals surface area contributed by atoms with Crippen LogP contribution < -0.4 is 10.6 Å². The van der Waals surface area contributed by atoms with Gasteiger partial charge in [-0.2, -0.15) is 0 Å². The Morgan fingerprint density at radius 3 is 2.74 bits per heavy atom. The number of amides is 1. The number of carboxylic acids is 1. The van der Waals surface area contributed by atoms with E-state index in [0.29, 0.717) is 19.1 Å². The maximum atomic E-state index is 11.6. The Hall–Kier alpha value is -1.14. The summed E-state index contributed by atoms with van der Waals surface area (Å²) >= 11 is 0. The zero-order valence-electron chi connectivity index (χ0n) is 11.2. The Bertz CT molecular complexity index is 348. The third-order valence-electron chi connectivity index (χ3n) is 4.33. The molecule has 0 spiro atoms. The summed E-state index contributed by atoms with van der Waals surface area (Å²) in [4.78, 5) is 22.9. The summed E-state index contributed by atoms with van der Waals surface area (Å²) < 4.78 is 4.85. The van der Waals surface area contributed by atoms with Crippen LogP contribution in [0.5, 0.6) is 0 Å². The van der Waals surface area contributed by atoms with Gasteiger partial charge in [-0.25, -0.2) is 0 Å². The lowest BCUT2D eigenvalue weighted by atomic mass is 9.84. The van der Waals surface area contributed by atoms with Crippen LogP contribution in [0.15, 0.2) is 0 Å². The summed E-state index contributed by atoms with van der Waals surface area (Å²) in [7, 11) is 1.58. The Morgan fingerprint density at radius 1 is 1.32 bits per heavy atom. The van der Waals surface area contributed by atoms with Gasteiger partial charge in [0.05, 0.1) is 19.1 Å². The third kappa shape index (κ3) is 3.25. The van der Waals surface area contributed by atoms with Crippen molar-refractivity contribution in [2.75, 3.05) is 26.8 Å². The van der Waals surface area contributed by atoms with Crippen molar-refractivity contribution in [1.82, 2.24) is 10.6 Å². The first-order chi connectivity index (χ1) is 9.13. The van der Waals surface area contributed by atoms with Gasteiger partial charge in [0.15, 0.2) is 0 Å². The molecular formula is C13H22N2O4. The average Bonchev–Trinajstić information content (AvgIpc) is 2.96. The van der Waals surface area contributed by atoms with E-state index in [9.17, 15) is 14.7 Å². The van der Waals surface area contributed by atoms with Gasteiger partial charge in [-0.15, -0.1) is 0 Å². The molecule has 0 aromatic heterocycles. The second-order valence-electron chi connectivity index (χ2n) is 5.45. The molecule has 2 rings (SSSR count). The molecule has 0 aromatic rings. The van der Waals surface area contributed by atoms with Crippen LogP contribution in [-0.4, -0.2) is 49.8 Å². The van der Waals surface area contributed by atoms with E-state index in [0.717, 1.165) is 19.3 Å². The topological polar surface area (TPSA) is 87.7 Å². The van der Waals surface area contributed by atoms with E-state index in [-0.39, 0.29) is 30.3 Å². The predicted octanol–water partition coefficient (Wildman–Crippen LogP) is -0.162. The molecule has 0 heterocycles. The molecule has 0 aliphatic heterocycles. The molecule has 2 fully saturated rings. The monoisotopic (exact) mass is 270 g/mol. The van der Waals surface area contributed by atoms with E-state index < -0.39 is 5.97 Å². The number of hydrogen-bond donors (Lipinski definition) is 3. The number of carbonyl (C=O) groups is 2. The van der Waals surface area contributed by atoms with Crippen LogP contribution in [0.1, 0.15) is 19.3 Å². The molecule has 0 aromatic carbocycles. The number of hydrogen-bond acceptors (Lipinski definition) is 4. The molecular weight excluding hydrogens is 248 g/mol. The van der Waals surface area contributed by atoms with E-state index >= 15 is 0 Å². The van der Waals surface area contributed by atoms with Crippen molar-refractivity contribution in [3.05, 3.63) is 0 Å². The van der Waals surface area contributed by atoms with E-state index in [1.54, 1.807) is 7.11 Å². The lowest BCUT2D eigenvalue weighted by Gasteiger charge is -2.28. The molecule has 19 heavy (non-hydrogen) atoms. The SMILES string of the molecule is COCCNC(=O)CNC1C2CCC(C2)C1C(=O)O. The minimum Gasteiger partial charge on any atom is -0.481 e. The first-order valence-electron chi connectivity index (χ1n) is 6.85. The van der Waals surface area contributed by atoms with Gasteiger partial charge in [-0.1, -0.05) is 0 Å². The fourth-order valence-corrected chi connectivity index (χ4v) is 3.51. The number of nitrogens with one attached hydrogen (secondary N) is 2. The Labute approximate surface area is 112 Å². The molecule has 4 atom stereocenters. The molecule has 108 valence electrons. The standard InChI is InChI=1S/C13H22N2O4/c1-19-5-4-14-10(16)7-15-12-9-3-2-8(6-9)11(12)13(17)18/h8-9,11-12,15H,2-7H2,1H3,(H,14,16)(H,17,18). The summed E-state index contributed by atoms with van der Waals surface area (Å²) in [5.41, 5.74) is 0. The van der Waals surface area contributed by atoms with E-state index in [4.69, 9.17) is 4.74 Å². The van der Waals surface area contributed by atoms with Crippen molar-refractivity contribution < 1.29 is 19.4 Å². The summed E-state index contributed by atoms with van der Waals surface area (Å²) in [5, 5.41) is 15.1. The van der Waals surface area contributed by atoms with Crippen molar-refractivity contribution in [1.29, 1.82) is 0 Å². The Morgan fingerprint density at radius 2 is 2.05 bits per heavy atom. The van der Waals surface area contributed by atoms with Crippen molar-refractivity contribution in [2.45, 2.75) is 25.3 Å². The molecule has 2 saturated carbocycles. The first kappa shape index (κ1) is 14.3. The van der Waals surface area contributed by atoms with E-state index in [1.165, 1.54) is 0 Å². The highest BCUT2D eigenvalue weighted by Crippen LogP contribution is 2.48. The lowest BCUT2D eigenvalue weighted by Crippen LogP contribution is -2.48.